The number of aromatic amines is 1. The van der Waals surface area contributed by atoms with Gasteiger partial charge in [-0.05, 0) is 25.1 Å². The molecule has 1 atom stereocenters. The first-order chi connectivity index (χ1) is 7.76. The fourth-order valence-electron chi connectivity index (χ4n) is 1.65. The molecule has 0 amide bonds. The van der Waals surface area contributed by atoms with Crippen LogP contribution in [0.1, 0.15) is 24.5 Å². The molecule has 0 aliphatic carbocycles. The van der Waals surface area contributed by atoms with Crippen molar-refractivity contribution in [2.75, 3.05) is 6.61 Å². The zero-order valence-electron chi connectivity index (χ0n) is 8.90. The van der Waals surface area contributed by atoms with E-state index in [0.29, 0.717) is 17.9 Å². The maximum Gasteiger partial charge on any atom is 0.196 e. The van der Waals surface area contributed by atoms with Crippen LogP contribution in [0.3, 0.4) is 0 Å². The summed E-state index contributed by atoms with van der Waals surface area (Å²) in [6.07, 6.45) is -0.969. The van der Waals surface area contributed by atoms with E-state index in [-0.39, 0.29) is 0 Å². The molecule has 82 valence electrons. The number of aliphatic hydroxyl groups is 1. The van der Waals surface area contributed by atoms with E-state index in [9.17, 15) is 5.11 Å². The average molecular weight is 216 g/mol. The lowest BCUT2D eigenvalue weighted by Crippen LogP contribution is -2.02. The number of nitriles is 1. The Morgan fingerprint density at radius 3 is 3.06 bits per heavy atom. The average Bonchev–Trinajstić information content (AvgIpc) is 2.72. The minimum atomic E-state index is -0.969. The van der Waals surface area contributed by atoms with Gasteiger partial charge in [-0.3, -0.25) is 0 Å². The zero-order chi connectivity index (χ0) is 11.5. The molecule has 0 fully saturated rings. The van der Waals surface area contributed by atoms with Crippen LogP contribution < -0.4 is 0 Å². The Kier molecular flexibility index (Phi) is 2.91. The molecule has 0 bridgehead atoms. The topological polar surface area (TPSA) is 69.0 Å². The first-order valence-electron chi connectivity index (χ1n) is 5.07. The number of aliphatic hydroxyl groups excluding tert-OH is 1. The standard InChI is InChI=1S/C12H12N2O2/c1-2-16-12(15)11-6-9-8(7-13)4-3-5-10(9)14-11/h3-6,12,14-15H,2H2,1H3. The molecule has 2 N–H and O–H groups in total. The van der Waals surface area contributed by atoms with Crippen molar-refractivity contribution in [3.05, 3.63) is 35.5 Å². The Balaban J connectivity index is 2.48. The lowest BCUT2D eigenvalue weighted by molar-refractivity contribution is -0.100. The van der Waals surface area contributed by atoms with Crippen LogP contribution in [0.15, 0.2) is 24.3 Å². The Bertz CT molecular complexity index is 539. The van der Waals surface area contributed by atoms with Gasteiger partial charge in [0.05, 0.1) is 17.3 Å². The number of ether oxygens (including phenoxy) is 1. The molecule has 1 unspecified atom stereocenters. The maximum atomic E-state index is 9.65. The number of nitrogens with zero attached hydrogens (tertiary/aromatic N) is 1. The molecule has 16 heavy (non-hydrogen) atoms. The van der Waals surface area contributed by atoms with Gasteiger partial charge in [-0.15, -0.1) is 0 Å². The Hall–Kier alpha value is -1.83. The Morgan fingerprint density at radius 1 is 1.56 bits per heavy atom. The van der Waals surface area contributed by atoms with Crippen LogP contribution in [0, 0.1) is 11.3 Å². The summed E-state index contributed by atoms with van der Waals surface area (Å²) in [5.74, 6) is 0. The molecule has 0 radical (unpaired) electrons. The Labute approximate surface area is 93.1 Å². The van der Waals surface area contributed by atoms with Gasteiger partial charge in [-0.25, -0.2) is 0 Å². The molecule has 2 aromatic rings. The van der Waals surface area contributed by atoms with Gasteiger partial charge in [0.2, 0.25) is 0 Å². The third kappa shape index (κ3) is 1.78. The molecule has 0 saturated heterocycles. The van der Waals surface area contributed by atoms with Crippen molar-refractivity contribution in [1.29, 1.82) is 5.26 Å². The summed E-state index contributed by atoms with van der Waals surface area (Å²) in [7, 11) is 0. The first kappa shape index (κ1) is 10.7. The second-order valence-corrected chi connectivity index (χ2v) is 3.41. The van der Waals surface area contributed by atoms with Crippen LogP contribution in [-0.2, 0) is 4.74 Å². The molecule has 0 spiro atoms. The van der Waals surface area contributed by atoms with Crippen molar-refractivity contribution >= 4 is 10.9 Å². The number of hydrogen-bond donors (Lipinski definition) is 2. The highest BCUT2D eigenvalue weighted by molar-refractivity contribution is 5.86. The van der Waals surface area contributed by atoms with Crippen molar-refractivity contribution < 1.29 is 9.84 Å². The second-order valence-electron chi connectivity index (χ2n) is 3.41. The lowest BCUT2D eigenvalue weighted by Gasteiger charge is -2.07. The van der Waals surface area contributed by atoms with E-state index in [1.165, 1.54) is 0 Å². The second kappa shape index (κ2) is 4.35. The van der Waals surface area contributed by atoms with E-state index in [1.54, 1.807) is 18.2 Å². The maximum absolute atomic E-state index is 9.65. The highest BCUT2D eigenvalue weighted by Gasteiger charge is 2.11. The molecule has 4 nitrogen and oxygen atoms in total. The summed E-state index contributed by atoms with van der Waals surface area (Å²) in [5, 5.41) is 19.4. The minimum absolute atomic E-state index is 0.432. The van der Waals surface area contributed by atoms with Crippen LogP contribution in [0.25, 0.3) is 10.9 Å². The number of fused-ring (bicyclic) bond motifs is 1. The van der Waals surface area contributed by atoms with Gasteiger partial charge in [-0.1, -0.05) is 6.07 Å². The van der Waals surface area contributed by atoms with Crippen LogP contribution >= 0.6 is 0 Å². The molecule has 1 aromatic heterocycles. The summed E-state index contributed by atoms with van der Waals surface area (Å²) >= 11 is 0. The van der Waals surface area contributed by atoms with Crippen LogP contribution in [0.2, 0.25) is 0 Å². The lowest BCUT2D eigenvalue weighted by atomic mass is 10.1. The number of hydrogen-bond acceptors (Lipinski definition) is 3. The van der Waals surface area contributed by atoms with E-state index >= 15 is 0 Å². The number of nitrogens with one attached hydrogen (secondary N) is 1. The summed E-state index contributed by atoms with van der Waals surface area (Å²) in [4.78, 5) is 3.03. The largest absolute Gasteiger partial charge is 0.363 e. The van der Waals surface area contributed by atoms with Crippen LogP contribution in [0.5, 0.6) is 0 Å². The predicted molar refractivity (Wildman–Crippen MR) is 59.6 cm³/mol. The van der Waals surface area contributed by atoms with Gasteiger partial charge in [0.1, 0.15) is 0 Å². The van der Waals surface area contributed by atoms with Crippen molar-refractivity contribution in [3.63, 3.8) is 0 Å². The number of aromatic nitrogens is 1. The number of benzene rings is 1. The van der Waals surface area contributed by atoms with E-state index < -0.39 is 6.29 Å². The third-order valence-electron chi connectivity index (χ3n) is 2.40. The monoisotopic (exact) mass is 216 g/mol. The SMILES string of the molecule is CCOC(O)c1cc2c(C#N)cccc2[nH]1. The fourth-order valence-corrected chi connectivity index (χ4v) is 1.65. The van der Waals surface area contributed by atoms with E-state index in [4.69, 9.17) is 10.00 Å². The fraction of sp³-hybridized carbons (Fsp3) is 0.250. The summed E-state index contributed by atoms with van der Waals surface area (Å²) in [5.41, 5.74) is 1.98. The van der Waals surface area contributed by atoms with Gasteiger partial charge < -0.3 is 14.8 Å². The van der Waals surface area contributed by atoms with Crippen molar-refractivity contribution in [3.8, 4) is 6.07 Å². The van der Waals surface area contributed by atoms with E-state index in [0.717, 1.165) is 10.9 Å². The van der Waals surface area contributed by atoms with Crippen LogP contribution in [-0.4, -0.2) is 16.7 Å². The first-order valence-corrected chi connectivity index (χ1v) is 5.07. The molecule has 4 heteroatoms. The van der Waals surface area contributed by atoms with E-state index in [2.05, 4.69) is 11.1 Å². The Morgan fingerprint density at radius 2 is 2.38 bits per heavy atom. The normalized spacial score (nSPS) is 12.6. The van der Waals surface area contributed by atoms with Gasteiger partial charge in [0.15, 0.2) is 6.29 Å². The van der Waals surface area contributed by atoms with Crippen molar-refractivity contribution in [2.45, 2.75) is 13.2 Å². The molecular formula is C12H12N2O2. The number of H-pyrrole nitrogens is 1. The highest BCUT2D eigenvalue weighted by atomic mass is 16.6. The summed E-state index contributed by atoms with van der Waals surface area (Å²) in [6, 6.07) is 9.26. The van der Waals surface area contributed by atoms with Gasteiger partial charge >= 0.3 is 0 Å². The predicted octanol–water partition coefficient (Wildman–Crippen LogP) is 2.07. The zero-order valence-corrected chi connectivity index (χ0v) is 8.90. The van der Waals surface area contributed by atoms with Crippen molar-refractivity contribution in [1.82, 2.24) is 4.98 Å². The molecule has 0 aliphatic rings. The third-order valence-corrected chi connectivity index (χ3v) is 2.40. The van der Waals surface area contributed by atoms with Gasteiger partial charge in [0, 0.05) is 17.5 Å². The van der Waals surface area contributed by atoms with Gasteiger partial charge in [0.25, 0.3) is 0 Å². The summed E-state index contributed by atoms with van der Waals surface area (Å²) in [6.45, 7) is 2.24. The van der Waals surface area contributed by atoms with Crippen molar-refractivity contribution in [2.24, 2.45) is 0 Å². The smallest absolute Gasteiger partial charge is 0.196 e. The quantitative estimate of drug-likeness (QED) is 0.771. The molecule has 2 rings (SSSR count). The molecule has 0 saturated carbocycles. The van der Waals surface area contributed by atoms with Gasteiger partial charge in [-0.2, -0.15) is 5.26 Å². The molecule has 0 aliphatic heterocycles. The molecule has 1 heterocycles. The van der Waals surface area contributed by atoms with E-state index in [1.807, 2.05) is 13.0 Å². The summed E-state index contributed by atoms with van der Waals surface area (Å²) < 4.78 is 5.07. The molecule has 1 aromatic carbocycles. The number of rotatable bonds is 3. The molecular weight excluding hydrogens is 204 g/mol. The van der Waals surface area contributed by atoms with Crippen LogP contribution in [0.4, 0.5) is 0 Å². The highest BCUT2D eigenvalue weighted by Crippen LogP contribution is 2.23. The minimum Gasteiger partial charge on any atom is -0.363 e.